The van der Waals surface area contributed by atoms with Gasteiger partial charge in [-0.25, -0.2) is 14.8 Å². The number of carbonyl (C=O) groups is 1. The molecule has 2 aromatic carbocycles. The van der Waals surface area contributed by atoms with Gasteiger partial charge in [0.1, 0.15) is 17.0 Å². The molecule has 8 nitrogen and oxygen atoms in total. The molecule has 0 aliphatic heterocycles. The topological polar surface area (TPSA) is 87.0 Å². The Morgan fingerprint density at radius 1 is 1.07 bits per heavy atom. The fraction of sp³-hybridized carbons (Fsp3) is 0.190. The second kappa shape index (κ2) is 7.67. The molecule has 4 aromatic rings. The zero-order valence-electron chi connectivity index (χ0n) is 16.3. The van der Waals surface area contributed by atoms with Crippen LogP contribution >= 0.6 is 0 Å². The zero-order chi connectivity index (χ0) is 20.4. The van der Waals surface area contributed by atoms with E-state index in [1.54, 1.807) is 44.9 Å². The minimum atomic E-state index is -0.394. The van der Waals surface area contributed by atoms with Crippen molar-refractivity contribution in [1.82, 2.24) is 14.4 Å². The lowest BCUT2D eigenvalue weighted by Gasteiger charge is -2.13. The summed E-state index contributed by atoms with van der Waals surface area (Å²) in [5, 5.41) is 3.36. The van der Waals surface area contributed by atoms with Gasteiger partial charge >= 0.3 is 5.97 Å². The number of ether oxygens (including phenoxy) is 3. The highest BCUT2D eigenvalue weighted by atomic mass is 16.5. The van der Waals surface area contributed by atoms with Gasteiger partial charge in [0, 0.05) is 18.2 Å². The number of hydrogen-bond acceptors (Lipinski definition) is 7. The van der Waals surface area contributed by atoms with Crippen LogP contribution in [-0.2, 0) is 11.3 Å². The van der Waals surface area contributed by atoms with Crippen molar-refractivity contribution in [2.75, 3.05) is 26.6 Å². The van der Waals surface area contributed by atoms with Crippen LogP contribution in [0.2, 0.25) is 0 Å². The molecule has 0 saturated heterocycles. The molecule has 0 spiro atoms. The first-order valence-corrected chi connectivity index (χ1v) is 8.93. The molecule has 0 saturated carbocycles. The van der Waals surface area contributed by atoms with Crippen molar-refractivity contribution in [3.05, 3.63) is 60.0 Å². The van der Waals surface area contributed by atoms with Crippen LogP contribution in [0.25, 0.3) is 16.6 Å². The number of methoxy groups -OCH3 is 3. The molecule has 2 heterocycles. The number of carbonyl (C=O) groups excluding carboxylic acids is 1. The predicted molar refractivity (Wildman–Crippen MR) is 109 cm³/mol. The molecular weight excluding hydrogens is 372 g/mol. The van der Waals surface area contributed by atoms with E-state index in [4.69, 9.17) is 19.2 Å². The van der Waals surface area contributed by atoms with Gasteiger partial charge in [0.2, 0.25) is 0 Å². The molecule has 0 unspecified atom stereocenters. The number of anilines is 1. The first-order valence-electron chi connectivity index (χ1n) is 8.93. The quantitative estimate of drug-likeness (QED) is 0.504. The third-order valence-electron chi connectivity index (χ3n) is 4.71. The van der Waals surface area contributed by atoms with E-state index in [-0.39, 0.29) is 0 Å². The maximum atomic E-state index is 11.9. The Balaban J connectivity index is 1.71. The average molecular weight is 392 g/mol. The largest absolute Gasteiger partial charge is 0.497 e. The SMILES string of the molecule is COC(=O)c1ccc2nc(NCc3ccc(OC)cc3OC)c3cncn3c2c1. The van der Waals surface area contributed by atoms with Crippen molar-refractivity contribution in [2.45, 2.75) is 6.54 Å². The molecule has 0 amide bonds. The Kier molecular flexibility index (Phi) is 4.90. The first-order chi connectivity index (χ1) is 14.1. The fourth-order valence-corrected chi connectivity index (χ4v) is 3.20. The lowest BCUT2D eigenvalue weighted by molar-refractivity contribution is 0.0601. The van der Waals surface area contributed by atoms with Gasteiger partial charge in [-0.05, 0) is 30.3 Å². The molecule has 29 heavy (non-hydrogen) atoms. The Morgan fingerprint density at radius 3 is 2.69 bits per heavy atom. The lowest BCUT2D eigenvalue weighted by Crippen LogP contribution is -2.06. The Hall–Kier alpha value is -3.81. The van der Waals surface area contributed by atoms with E-state index in [1.807, 2.05) is 22.6 Å². The highest BCUT2D eigenvalue weighted by Gasteiger charge is 2.13. The van der Waals surface area contributed by atoms with Crippen molar-refractivity contribution < 1.29 is 19.0 Å². The van der Waals surface area contributed by atoms with E-state index < -0.39 is 5.97 Å². The molecule has 148 valence electrons. The van der Waals surface area contributed by atoms with E-state index in [9.17, 15) is 4.79 Å². The van der Waals surface area contributed by atoms with Crippen molar-refractivity contribution >= 4 is 28.3 Å². The molecule has 0 fully saturated rings. The second-order valence-electron chi connectivity index (χ2n) is 6.34. The van der Waals surface area contributed by atoms with Crippen molar-refractivity contribution in [3.8, 4) is 11.5 Å². The molecule has 2 aromatic heterocycles. The number of esters is 1. The molecule has 8 heteroatoms. The minimum Gasteiger partial charge on any atom is -0.497 e. The Morgan fingerprint density at radius 2 is 1.93 bits per heavy atom. The van der Waals surface area contributed by atoms with Crippen molar-refractivity contribution in [2.24, 2.45) is 0 Å². The van der Waals surface area contributed by atoms with Crippen LogP contribution in [-0.4, -0.2) is 41.7 Å². The average Bonchev–Trinajstić information content (AvgIpc) is 3.27. The number of aromatic nitrogens is 3. The van der Waals surface area contributed by atoms with Gasteiger partial charge in [0.05, 0.1) is 50.5 Å². The molecular formula is C21H20N4O4. The van der Waals surface area contributed by atoms with E-state index in [2.05, 4.69) is 10.3 Å². The molecule has 4 rings (SSSR count). The first kappa shape index (κ1) is 18.5. The van der Waals surface area contributed by atoms with Crippen molar-refractivity contribution in [1.29, 1.82) is 0 Å². The minimum absolute atomic E-state index is 0.394. The van der Waals surface area contributed by atoms with E-state index in [1.165, 1.54) is 7.11 Å². The van der Waals surface area contributed by atoms with Gasteiger partial charge < -0.3 is 19.5 Å². The van der Waals surface area contributed by atoms with Crippen LogP contribution in [0.1, 0.15) is 15.9 Å². The summed E-state index contributed by atoms with van der Waals surface area (Å²) in [4.78, 5) is 20.8. The lowest BCUT2D eigenvalue weighted by atomic mass is 10.2. The number of nitrogens with zero attached hydrogens (tertiary/aromatic N) is 3. The molecule has 1 N–H and O–H groups in total. The standard InChI is InChI=1S/C21H20N4O4/c1-27-15-6-4-14(19(9-15)28-2)10-23-20-18-11-22-12-25(18)17-8-13(21(26)29-3)5-7-16(17)24-20/h4-9,11-12H,10H2,1-3H3,(H,23,24). The second-order valence-corrected chi connectivity index (χ2v) is 6.34. The number of nitrogens with one attached hydrogen (secondary N) is 1. The number of imidazole rings is 1. The summed E-state index contributed by atoms with van der Waals surface area (Å²) in [6, 6.07) is 10.9. The van der Waals surface area contributed by atoms with Gasteiger partial charge in [-0.15, -0.1) is 0 Å². The fourth-order valence-electron chi connectivity index (χ4n) is 3.20. The summed E-state index contributed by atoms with van der Waals surface area (Å²) in [6.07, 6.45) is 3.42. The Labute approximate surface area is 167 Å². The summed E-state index contributed by atoms with van der Waals surface area (Å²) in [7, 11) is 4.60. The summed E-state index contributed by atoms with van der Waals surface area (Å²) >= 11 is 0. The van der Waals surface area contributed by atoms with E-state index in [0.717, 1.165) is 33.6 Å². The van der Waals surface area contributed by atoms with Gasteiger partial charge in [0.25, 0.3) is 0 Å². The smallest absolute Gasteiger partial charge is 0.337 e. The summed E-state index contributed by atoms with van der Waals surface area (Å²) in [5.74, 6) is 1.74. The molecule has 0 aliphatic carbocycles. The van der Waals surface area contributed by atoms with Crippen LogP contribution in [0.3, 0.4) is 0 Å². The highest BCUT2D eigenvalue weighted by Crippen LogP contribution is 2.27. The third kappa shape index (κ3) is 3.40. The third-order valence-corrected chi connectivity index (χ3v) is 4.71. The monoisotopic (exact) mass is 392 g/mol. The Bertz CT molecular complexity index is 1200. The number of hydrogen-bond donors (Lipinski definition) is 1. The van der Waals surface area contributed by atoms with Crippen molar-refractivity contribution in [3.63, 3.8) is 0 Å². The van der Waals surface area contributed by atoms with Crippen LogP contribution in [0.5, 0.6) is 11.5 Å². The van der Waals surface area contributed by atoms with Gasteiger partial charge in [-0.2, -0.15) is 0 Å². The van der Waals surface area contributed by atoms with Crippen LogP contribution in [0.15, 0.2) is 48.9 Å². The number of fused-ring (bicyclic) bond motifs is 3. The van der Waals surface area contributed by atoms with Gasteiger partial charge in [0.15, 0.2) is 5.82 Å². The normalized spacial score (nSPS) is 10.9. The van der Waals surface area contributed by atoms with Crippen LogP contribution in [0.4, 0.5) is 5.82 Å². The number of benzene rings is 2. The predicted octanol–water partition coefficient (Wildman–Crippen LogP) is 3.30. The zero-order valence-corrected chi connectivity index (χ0v) is 16.3. The molecule has 0 atom stereocenters. The molecule has 0 bridgehead atoms. The maximum Gasteiger partial charge on any atom is 0.337 e. The van der Waals surface area contributed by atoms with E-state index >= 15 is 0 Å². The van der Waals surface area contributed by atoms with Crippen LogP contribution in [0, 0.1) is 0 Å². The highest BCUT2D eigenvalue weighted by molar-refractivity contribution is 5.95. The molecule has 0 radical (unpaired) electrons. The van der Waals surface area contributed by atoms with E-state index in [0.29, 0.717) is 17.9 Å². The summed E-state index contributed by atoms with van der Waals surface area (Å²) in [5.41, 5.74) is 3.72. The van der Waals surface area contributed by atoms with Gasteiger partial charge in [-0.3, -0.25) is 4.40 Å². The maximum absolute atomic E-state index is 11.9. The van der Waals surface area contributed by atoms with Crippen LogP contribution < -0.4 is 14.8 Å². The molecule has 0 aliphatic rings. The number of rotatable bonds is 6. The van der Waals surface area contributed by atoms with Gasteiger partial charge in [-0.1, -0.05) is 0 Å². The summed E-state index contributed by atoms with van der Waals surface area (Å²) in [6.45, 7) is 0.507. The summed E-state index contributed by atoms with van der Waals surface area (Å²) < 4.78 is 17.4.